The van der Waals surface area contributed by atoms with Crippen LogP contribution in [0.25, 0.3) is 10.9 Å². The van der Waals surface area contributed by atoms with E-state index in [9.17, 15) is 14.4 Å². The van der Waals surface area contributed by atoms with E-state index in [1.165, 1.54) is 5.56 Å². The maximum absolute atomic E-state index is 13.3. The van der Waals surface area contributed by atoms with Crippen LogP contribution in [0, 0.1) is 12.8 Å². The molecule has 1 aliphatic rings. The Balaban J connectivity index is 1.34. The van der Waals surface area contributed by atoms with E-state index in [1.54, 1.807) is 14.0 Å². The lowest BCUT2D eigenvalue weighted by molar-refractivity contribution is -0.129. The van der Waals surface area contributed by atoms with E-state index in [2.05, 4.69) is 44.8 Å². The Bertz CT molecular complexity index is 1320. The fourth-order valence-corrected chi connectivity index (χ4v) is 5.72. The van der Waals surface area contributed by atoms with E-state index in [-0.39, 0.29) is 24.0 Å². The first-order chi connectivity index (χ1) is 19.8. The van der Waals surface area contributed by atoms with Crippen LogP contribution >= 0.6 is 0 Å². The number of hydrogen-bond acceptors (Lipinski definition) is 5. The molecule has 0 saturated carbocycles. The van der Waals surface area contributed by atoms with Gasteiger partial charge in [0.05, 0.1) is 13.5 Å². The van der Waals surface area contributed by atoms with Gasteiger partial charge in [0.2, 0.25) is 11.8 Å². The molecule has 8 nitrogen and oxygen atoms in total. The number of aryl methyl sites for hydroxylation is 1. The summed E-state index contributed by atoms with van der Waals surface area (Å²) in [5, 5.41) is 7.10. The van der Waals surface area contributed by atoms with Crippen LogP contribution in [0.4, 0.5) is 0 Å². The molecule has 1 saturated heterocycles. The molecule has 3 aromatic rings. The predicted molar refractivity (Wildman–Crippen MR) is 162 cm³/mol. The minimum absolute atomic E-state index is 0.135. The number of methoxy groups -OCH3 is 1. The van der Waals surface area contributed by atoms with Gasteiger partial charge in [-0.1, -0.05) is 43.2 Å². The van der Waals surface area contributed by atoms with E-state index in [4.69, 9.17) is 4.74 Å². The van der Waals surface area contributed by atoms with Crippen LogP contribution in [0.5, 0.6) is 5.75 Å². The van der Waals surface area contributed by atoms with Crippen LogP contribution in [-0.4, -0.2) is 60.3 Å². The summed E-state index contributed by atoms with van der Waals surface area (Å²) in [6.45, 7) is 7.03. The van der Waals surface area contributed by atoms with Gasteiger partial charge < -0.3 is 25.1 Å². The third-order valence-electron chi connectivity index (χ3n) is 8.02. The number of amides is 2. The van der Waals surface area contributed by atoms with Gasteiger partial charge >= 0.3 is 0 Å². The molecule has 1 unspecified atom stereocenters. The van der Waals surface area contributed by atoms with Crippen molar-refractivity contribution >= 4 is 28.5 Å². The van der Waals surface area contributed by atoms with Crippen molar-refractivity contribution < 1.29 is 19.1 Å². The third kappa shape index (κ3) is 8.92. The van der Waals surface area contributed by atoms with E-state index in [1.807, 2.05) is 31.2 Å². The molecule has 0 aliphatic carbocycles. The third-order valence-corrected chi connectivity index (χ3v) is 8.02. The minimum atomic E-state index is -0.610. The van der Waals surface area contributed by atoms with Crippen molar-refractivity contribution in [1.82, 2.24) is 20.5 Å². The molecule has 1 aliphatic heterocycles. The summed E-state index contributed by atoms with van der Waals surface area (Å²) < 4.78 is 5.38. The van der Waals surface area contributed by atoms with Gasteiger partial charge in [-0.05, 0) is 74.9 Å². The summed E-state index contributed by atoms with van der Waals surface area (Å²) >= 11 is 0. The molecule has 41 heavy (non-hydrogen) atoms. The highest BCUT2D eigenvalue weighted by Crippen LogP contribution is 2.27. The second kappa shape index (κ2) is 14.8. The van der Waals surface area contributed by atoms with Gasteiger partial charge in [0.15, 0.2) is 0 Å². The molecule has 8 heteroatoms. The number of H-pyrrole nitrogens is 1. The maximum atomic E-state index is 13.3. The van der Waals surface area contributed by atoms with E-state index < -0.39 is 6.04 Å². The fourth-order valence-electron chi connectivity index (χ4n) is 5.72. The second-order valence-corrected chi connectivity index (χ2v) is 11.4. The summed E-state index contributed by atoms with van der Waals surface area (Å²) in [5.41, 5.74) is 4.08. The largest absolute Gasteiger partial charge is 0.497 e. The Morgan fingerprint density at radius 3 is 2.66 bits per heavy atom. The summed E-state index contributed by atoms with van der Waals surface area (Å²) in [4.78, 5) is 43.7. The molecular weight excluding hydrogens is 516 g/mol. The number of benzene rings is 2. The van der Waals surface area contributed by atoms with Crippen molar-refractivity contribution in [1.29, 1.82) is 0 Å². The normalized spacial score (nSPS) is 16.0. The highest BCUT2D eigenvalue weighted by Gasteiger charge is 2.26. The van der Waals surface area contributed by atoms with E-state index >= 15 is 0 Å². The molecule has 0 spiro atoms. The number of aromatic amines is 1. The van der Waals surface area contributed by atoms with Crippen molar-refractivity contribution in [2.75, 3.05) is 26.7 Å². The second-order valence-electron chi connectivity index (χ2n) is 11.4. The molecule has 1 aromatic heterocycles. The number of nitrogens with zero attached hydrogens (tertiary/aromatic N) is 1. The van der Waals surface area contributed by atoms with Crippen LogP contribution in [0.1, 0.15) is 62.3 Å². The molecule has 220 valence electrons. The number of ketones is 1. The van der Waals surface area contributed by atoms with Crippen molar-refractivity contribution in [3.05, 3.63) is 65.4 Å². The summed E-state index contributed by atoms with van der Waals surface area (Å²) in [7, 11) is 1.62. The molecule has 1 fully saturated rings. The van der Waals surface area contributed by atoms with Crippen molar-refractivity contribution in [3.63, 3.8) is 0 Å². The maximum Gasteiger partial charge on any atom is 0.242 e. The summed E-state index contributed by atoms with van der Waals surface area (Å²) in [6, 6.07) is 15.6. The molecular formula is C33H44N4O4. The number of carbonyl (C=O) groups excluding carboxylic acids is 3. The first-order valence-corrected chi connectivity index (χ1v) is 14.8. The number of carbonyl (C=O) groups is 3. The SMILES string of the molecule is COc1ccc2[nH]c(C)c(CC(=O)N[C@@H](CCCCCC(C)=O)C(=O)NCC3CCN(Cc4ccccc4)C3)c2c1. The molecule has 2 heterocycles. The van der Waals surface area contributed by atoms with Crippen LogP contribution in [0.15, 0.2) is 48.5 Å². The quantitative estimate of drug-likeness (QED) is 0.234. The molecule has 2 amide bonds. The van der Waals surface area contributed by atoms with Gasteiger partial charge in [0.1, 0.15) is 17.6 Å². The Morgan fingerprint density at radius 1 is 1.10 bits per heavy atom. The highest BCUT2D eigenvalue weighted by molar-refractivity contribution is 5.93. The van der Waals surface area contributed by atoms with Crippen LogP contribution < -0.4 is 15.4 Å². The average Bonchev–Trinajstić information content (AvgIpc) is 3.53. The first-order valence-electron chi connectivity index (χ1n) is 14.8. The number of aromatic nitrogens is 1. The summed E-state index contributed by atoms with van der Waals surface area (Å²) in [5.74, 6) is 0.976. The molecule has 3 N–H and O–H groups in total. The first kappa shape index (κ1) is 30.3. The number of fused-ring (bicyclic) bond motifs is 1. The zero-order valence-electron chi connectivity index (χ0n) is 24.6. The monoisotopic (exact) mass is 560 g/mol. The molecule has 2 atom stereocenters. The number of unbranched alkanes of at least 4 members (excludes halogenated alkanes) is 2. The number of rotatable bonds is 15. The molecule has 4 rings (SSSR count). The Kier molecular flexibility index (Phi) is 11.0. The van der Waals surface area contributed by atoms with E-state index in [0.717, 1.165) is 73.2 Å². The van der Waals surface area contributed by atoms with Gasteiger partial charge in [-0.2, -0.15) is 0 Å². The lowest BCUT2D eigenvalue weighted by atomic mass is 10.0. The fraction of sp³-hybridized carbons (Fsp3) is 0.485. The summed E-state index contributed by atoms with van der Waals surface area (Å²) in [6.07, 6.45) is 4.71. The average molecular weight is 561 g/mol. The Labute approximate surface area is 243 Å². The van der Waals surface area contributed by atoms with Crippen LogP contribution in [-0.2, 0) is 27.3 Å². The number of ether oxygens (including phenoxy) is 1. The zero-order valence-corrected chi connectivity index (χ0v) is 24.6. The lowest BCUT2D eigenvalue weighted by Gasteiger charge is -2.20. The van der Waals surface area contributed by atoms with Crippen LogP contribution in [0.3, 0.4) is 0 Å². The standard InChI is InChI=1S/C33H44N4O4/c1-23(38)10-6-4-9-13-31(33(40)34-20-26-16-17-37(22-26)21-25-11-7-5-8-12-25)36-32(39)19-28-24(2)35-30-15-14-27(41-3)18-29(28)30/h5,7-8,11-12,14-15,18,26,31,35H,4,6,9-10,13,16-17,19-22H2,1-3H3,(H,34,40)(H,36,39)/t26?,31-/m0/s1. The Hall–Kier alpha value is -3.65. The topological polar surface area (TPSA) is 104 Å². The van der Waals surface area contributed by atoms with Crippen molar-refractivity contribution in [2.45, 2.75) is 71.4 Å². The zero-order chi connectivity index (χ0) is 29.2. The molecule has 0 bridgehead atoms. The van der Waals surface area contributed by atoms with Gasteiger partial charge in [0, 0.05) is 42.7 Å². The number of nitrogens with one attached hydrogen (secondary N) is 3. The number of Topliss-reactive ketones (excluding diaryl/α,β-unsaturated/α-hetero) is 1. The van der Waals surface area contributed by atoms with Gasteiger partial charge in [0.25, 0.3) is 0 Å². The number of hydrogen-bond donors (Lipinski definition) is 3. The van der Waals surface area contributed by atoms with Crippen molar-refractivity contribution in [3.8, 4) is 5.75 Å². The lowest BCUT2D eigenvalue weighted by Crippen LogP contribution is -2.48. The molecule has 2 aromatic carbocycles. The van der Waals surface area contributed by atoms with Gasteiger partial charge in [-0.3, -0.25) is 14.5 Å². The predicted octanol–water partition coefficient (Wildman–Crippen LogP) is 4.69. The number of likely N-dealkylation sites (tertiary alicyclic amines) is 1. The highest BCUT2D eigenvalue weighted by atomic mass is 16.5. The molecule has 0 radical (unpaired) electrons. The smallest absolute Gasteiger partial charge is 0.242 e. The van der Waals surface area contributed by atoms with Crippen molar-refractivity contribution in [2.24, 2.45) is 5.92 Å². The van der Waals surface area contributed by atoms with E-state index in [0.29, 0.717) is 25.3 Å². The Morgan fingerprint density at radius 2 is 1.90 bits per heavy atom. The van der Waals surface area contributed by atoms with Crippen LogP contribution in [0.2, 0.25) is 0 Å². The minimum Gasteiger partial charge on any atom is -0.497 e. The van der Waals surface area contributed by atoms with Gasteiger partial charge in [-0.25, -0.2) is 0 Å². The van der Waals surface area contributed by atoms with Gasteiger partial charge in [-0.15, -0.1) is 0 Å².